The van der Waals surface area contributed by atoms with Crippen LogP contribution in [0.15, 0.2) is 18.2 Å². The summed E-state index contributed by atoms with van der Waals surface area (Å²) in [5.41, 5.74) is 1.04. The summed E-state index contributed by atoms with van der Waals surface area (Å²) < 4.78 is 17.9. The average molecular weight is 396 g/mol. The van der Waals surface area contributed by atoms with E-state index in [1.165, 1.54) is 19.3 Å². The smallest absolute Gasteiger partial charge is 0.341 e. The Morgan fingerprint density at radius 2 is 1.91 bits per heavy atom. The number of benzene rings is 1. The Morgan fingerprint density at radius 3 is 2.65 bits per heavy atom. The third kappa shape index (κ3) is 4.92. The van der Waals surface area contributed by atoms with Crippen molar-refractivity contribution in [2.75, 3.05) is 6.61 Å². The second-order valence-electron chi connectivity index (χ2n) is 6.20. The summed E-state index contributed by atoms with van der Waals surface area (Å²) in [7, 11) is 0. The number of fused-ring (bicyclic) bond motifs is 1. The summed E-state index contributed by atoms with van der Waals surface area (Å²) in [5, 5.41) is 0. The molecule has 2 aliphatic rings. The number of ether oxygens (including phenoxy) is 3. The van der Waals surface area contributed by atoms with Crippen LogP contribution in [0, 0.1) is 0 Å². The molecule has 1 fully saturated rings. The minimum Gasteiger partial charge on any atom is -0.494 e. The predicted molar refractivity (Wildman–Crippen MR) is 95.9 cm³/mol. The van der Waals surface area contributed by atoms with Crippen LogP contribution in [0.5, 0.6) is 11.5 Å². The van der Waals surface area contributed by atoms with Gasteiger partial charge < -0.3 is 14.2 Å². The Kier molecular flexibility index (Phi) is 5.69. The van der Waals surface area contributed by atoms with Crippen molar-refractivity contribution in [3.63, 3.8) is 0 Å². The van der Waals surface area contributed by atoms with Crippen molar-refractivity contribution in [3.05, 3.63) is 23.8 Å². The molecule has 0 bridgehead atoms. The number of rotatable bonds is 5. The maximum Gasteiger partial charge on any atom is 0.341 e. The molecule has 0 unspecified atom stereocenters. The topological polar surface area (TPSA) is 27.7 Å². The Labute approximate surface area is 152 Å². The molecule has 0 N–H and O–H groups in total. The van der Waals surface area contributed by atoms with Gasteiger partial charge in [-0.1, -0.05) is 6.42 Å². The third-order valence-electron chi connectivity index (χ3n) is 4.31. The molecule has 1 aliphatic carbocycles. The van der Waals surface area contributed by atoms with Crippen molar-refractivity contribution >= 4 is 39.2 Å². The number of halogens is 3. The van der Waals surface area contributed by atoms with Gasteiger partial charge in [0.2, 0.25) is 5.79 Å². The molecule has 7 heteroatoms. The Hall–Kier alpha value is -0.133. The SMILES string of the molecule is Cl[Si](Cl)(Cl)CCCOc1ccc2c(c1)COC1(CCCCC1)O2. The molecule has 1 aromatic rings. The Balaban J connectivity index is 1.56. The first-order valence-electron chi connectivity index (χ1n) is 8.11. The second kappa shape index (κ2) is 7.40. The van der Waals surface area contributed by atoms with E-state index >= 15 is 0 Å². The van der Waals surface area contributed by atoms with Gasteiger partial charge in [0.05, 0.1) is 13.2 Å². The third-order valence-corrected chi connectivity index (χ3v) is 6.93. The molecule has 0 amide bonds. The molecule has 128 valence electrons. The van der Waals surface area contributed by atoms with Crippen LogP contribution in [-0.4, -0.2) is 18.4 Å². The first-order chi connectivity index (χ1) is 11.0. The highest BCUT2D eigenvalue weighted by Gasteiger charge is 2.38. The number of hydrogen-bond acceptors (Lipinski definition) is 3. The zero-order chi connectivity index (χ0) is 16.3. The molecule has 23 heavy (non-hydrogen) atoms. The monoisotopic (exact) mass is 394 g/mol. The quantitative estimate of drug-likeness (QED) is 0.364. The lowest BCUT2D eigenvalue weighted by Gasteiger charge is -2.41. The first-order valence-corrected chi connectivity index (χ1v) is 13.4. The van der Waals surface area contributed by atoms with Crippen LogP contribution in [0.1, 0.15) is 44.1 Å². The van der Waals surface area contributed by atoms with Gasteiger partial charge in [0.25, 0.3) is 0 Å². The molecule has 1 saturated carbocycles. The van der Waals surface area contributed by atoms with Crippen LogP contribution in [0.25, 0.3) is 0 Å². The van der Waals surface area contributed by atoms with Gasteiger partial charge in [-0.15, -0.1) is 33.2 Å². The molecule has 0 saturated heterocycles. The Bertz CT molecular complexity index is 542. The highest BCUT2D eigenvalue weighted by Crippen LogP contribution is 2.41. The van der Waals surface area contributed by atoms with Gasteiger partial charge in [0.15, 0.2) is 0 Å². The number of hydrogen-bond donors (Lipinski definition) is 0. The fourth-order valence-corrected chi connectivity index (χ4v) is 4.84. The van der Waals surface area contributed by atoms with Crippen LogP contribution < -0.4 is 9.47 Å². The minimum absolute atomic E-state index is 0.400. The van der Waals surface area contributed by atoms with Crippen LogP contribution in [0.2, 0.25) is 6.04 Å². The zero-order valence-electron chi connectivity index (χ0n) is 13.0. The molecule has 0 aromatic heterocycles. The fraction of sp³-hybridized carbons (Fsp3) is 0.625. The van der Waals surface area contributed by atoms with E-state index in [0.717, 1.165) is 36.3 Å². The lowest BCUT2D eigenvalue weighted by Crippen LogP contribution is -2.43. The average Bonchev–Trinajstić information content (AvgIpc) is 2.52. The Morgan fingerprint density at radius 1 is 1.13 bits per heavy atom. The van der Waals surface area contributed by atoms with Crippen molar-refractivity contribution in [1.82, 2.24) is 0 Å². The van der Waals surface area contributed by atoms with Gasteiger partial charge in [0, 0.05) is 18.4 Å². The van der Waals surface area contributed by atoms with Crippen LogP contribution in [0.3, 0.4) is 0 Å². The summed E-state index contributed by atoms with van der Waals surface area (Å²) in [4.78, 5) is 0. The van der Waals surface area contributed by atoms with E-state index in [1.807, 2.05) is 18.2 Å². The molecule has 1 heterocycles. The first kappa shape index (κ1) is 17.7. The van der Waals surface area contributed by atoms with E-state index in [-0.39, 0.29) is 0 Å². The molecular formula is C16H21Cl3O3Si. The maximum absolute atomic E-state index is 6.16. The molecule has 1 aliphatic heterocycles. The highest BCUT2D eigenvalue weighted by molar-refractivity contribution is 7.64. The summed E-state index contributed by atoms with van der Waals surface area (Å²) in [5.74, 6) is 1.32. The standard InChI is InChI=1S/C16H21Cl3O3Si/c17-23(18,19)10-4-9-20-14-5-6-15-13(11-14)12-21-16(22-15)7-2-1-3-8-16/h5-6,11H,1-4,7-10,12H2. The van der Waals surface area contributed by atoms with Crippen molar-refractivity contribution < 1.29 is 14.2 Å². The molecule has 1 spiro atoms. The van der Waals surface area contributed by atoms with Gasteiger partial charge in [-0.3, -0.25) is 0 Å². The van der Waals surface area contributed by atoms with Gasteiger partial charge >= 0.3 is 6.00 Å². The van der Waals surface area contributed by atoms with E-state index < -0.39 is 11.8 Å². The lowest BCUT2D eigenvalue weighted by atomic mass is 9.93. The van der Waals surface area contributed by atoms with Gasteiger partial charge in [-0.05, 0) is 43.5 Å². The van der Waals surface area contributed by atoms with E-state index in [4.69, 9.17) is 47.4 Å². The van der Waals surface area contributed by atoms with Crippen molar-refractivity contribution in [3.8, 4) is 11.5 Å². The molecule has 1 aromatic carbocycles. The lowest BCUT2D eigenvalue weighted by molar-refractivity contribution is -0.222. The molecular weight excluding hydrogens is 375 g/mol. The molecule has 3 rings (SSSR count). The normalized spacial score (nSPS) is 20.0. The maximum atomic E-state index is 6.16. The summed E-state index contributed by atoms with van der Waals surface area (Å²) in [6, 6.07) is 3.96. The van der Waals surface area contributed by atoms with Crippen molar-refractivity contribution in [2.24, 2.45) is 0 Å². The predicted octanol–water partition coefficient (Wildman–Crippen LogP) is 5.68. The summed E-state index contributed by atoms with van der Waals surface area (Å²) in [6.07, 6.45) is 6.31. The molecule has 0 atom stereocenters. The fourth-order valence-electron chi connectivity index (χ4n) is 3.10. The highest BCUT2D eigenvalue weighted by atomic mass is 35.8. The van der Waals surface area contributed by atoms with Crippen molar-refractivity contribution in [1.29, 1.82) is 0 Å². The minimum atomic E-state index is -2.54. The second-order valence-corrected chi connectivity index (χ2v) is 15.5. The van der Waals surface area contributed by atoms with Crippen LogP contribution >= 0.6 is 33.2 Å². The van der Waals surface area contributed by atoms with Crippen LogP contribution in [-0.2, 0) is 11.3 Å². The van der Waals surface area contributed by atoms with E-state index in [1.54, 1.807) is 0 Å². The van der Waals surface area contributed by atoms with Crippen molar-refractivity contribution in [2.45, 2.75) is 57.0 Å². The summed E-state index contributed by atoms with van der Waals surface area (Å²) >= 11 is 17.6. The van der Waals surface area contributed by atoms with Gasteiger partial charge in [-0.2, -0.15) is 0 Å². The van der Waals surface area contributed by atoms with E-state index in [9.17, 15) is 0 Å². The summed E-state index contributed by atoms with van der Waals surface area (Å²) in [6.45, 7) is 1.12. The van der Waals surface area contributed by atoms with E-state index in [2.05, 4.69) is 0 Å². The van der Waals surface area contributed by atoms with Gasteiger partial charge in [-0.25, -0.2) is 0 Å². The van der Waals surface area contributed by atoms with Gasteiger partial charge in [0.1, 0.15) is 11.5 Å². The molecule has 0 radical (unpaired) electrons. The largest absolute Gasteiger partial charge is 0.494 e. The van der Waals surface area contributed by atoms with Crippen LogP contribution in [0.4, 0.5) is 0 Å². The van der Waals surface area contributed by atoms with E-state index in [0.29, 0.717) is 19.3 Å². The zero-order valence-corrected chi connectivity index (χ0v) is 16.2. The molecule has 3 nitrogen and oxygen atoms in total.